The van der Waals surface area contributed by atoms with Crippen LogP contribution in [0.1, 0.15) is 23.0 Å². The maximum Gasteiger partial charge on any atom is 0.176 e. The molecule has 0 saturated carbocycles. The third-order valence-electron chi connectivity index (χ3n) is 3.30. The molecule has 102 valence electrons. The minimum Gasteiger partial charge on any atom is -0.487 e. The molecular weight excluding hydrogens is 249 g/mol. The number of ether oxygens (including phenoxy) is 1. The summed E-state index contributed by atoms with van der Waals surface area (Å²) in [7, 11) is 0.826. The SMILES string of the molecule is CBC(C)C(=O)c1ccc(OCc2ccccc2)cn1. The van der Waals surface area contributed by atoms with E-state index in [1.165, 1.54) is 0 Å². The number of nitrogens with zero attached hydrogens (tertiary/aromatic N) is 1. The lowest BCUT2D eigenvalue weighted by Gasteiger charge is -2.08. The topological polar surface area (TPSA) is 39.2 Å². The Morgan fingerprint density at radius 2 is 2.00 bits per heavy atom. The highest BCUT2D eigenvalue weighted by molar-refractivity contribution is 6.43. The minimum atomic E-state index is 0.0126. The largest absolute Gasteiger partial charge is 0.487 e. The summed E-state index contributed by atoms with van der Waals surface area (Å²) in [5.74, 6) is 0.773. The van der Waals surface area contributed by atoms with Crippen LogP contribution in [0.4, 0.5) is 0 Å². The van der Waals surface area contributed by atoms with Crippen molar-refractivity contribution in [3.63, 3.8) is 0 Å². The number of rotatable bonds is 6. The zero-order valence-electron chi connectivity index (χ0n) is 11.9. The Bertz CT molecular complexity index is 554. The van der Waals surface area contributed by atoms with Crippen LogP contribution < -0.4 is 4.74 Å². The molecule has 1 aromatic heterocycles. The third kappa shape index (κ3) is 3.70. The standard InChI is InChI=1S/C16H18BNO2/c1-12(17-2)16(19)15-9-8-14(10-18-15)20-11-13-6-4-3-5-7-13/h3-10,12,17H,11H2,1-2H3. The van der Waals surface area contributed by atoms with Crippen LogP contribution in [0.25, 0.3) is 0 Å². The second-order valence-corrected chi connectivity index (χ2v) is 4.83. The summed E-state index contributed by atoms with van der Waals surface area (Å²) in [6.45, 7) is 4.42. The Kier molecular flexibility index (Phi) is 4.94. The first-order chi connectivity index (χ1) is 9.70. The quantitative estimate of drug-likeness (QED) is 0.596. The summed E-state index contributed by atoms with van der Waals surface area (Å²) in [4.78, 5) is 16.1. The van der Waals surface area contributed by atoms with Crippen molar-refractivity contribution in [2.45, 2.75) is 26.2 Å². The molecule has 0 spiro atoms. The lowest BCUT2D eigenvalue weighted by molar-refractivity contribution is 0.0983. The molecule has 0 aliphatic heterocycles. The number of carbonyl (C=O) groups is 1. The fourth-order valence-electron chi connectivity index (χ4n) is 1.79. The van der Waals surface area contributed by atoms with E-state index in [1.807, 2.05) is 44.1 Å². The normalized spacial score (nSPS) is 11.7. The van der Waals surface area contributed by atoms with E-state index >= 15 is 0 Å². The highest BCUT2D eigenvalue weighted by Gasteiger charge is 2.14. The van der Waals surface area contributed by atoms with Crippen LogP contribution in [-0.4, -0.2) is 18.0 Å². The van der Waals surface area contributed by atoms with Gasteiger partial charge in [0.15, 0.2) is 5.78 Å². The number of hydrogen-bond acceptors (Lipinski definition) is 3. The van der Waals surface area contributed by atoms with Gasteiger partial charge in [-0.2, -0.15) is 0 Å². The van der Waals surface area contributed by atoms with Crippen LogP contribution >= 0.6 is 0 Å². The van der Waals surface area contributed by atoms with Crippen molar-refractivity contribution in [1.29, 1.82) is 0 Å². The highest BCUT2D eigenvalue weighted by Crippen LogP contribution is 2.15. The number of pyridine rings is 1. The van der Waals surface area contributed by atoms with Crippen molar-refractivity contribution in [3.05, 3.63) is 59.9 Å². The summed E-state index contributed by atoms with van der Waals surface area (Å²) in [5.41, 5.74) is 1.61. The van der Waals surface area contributed by atoms with Gasteiger partial charge in [0.05, 0.1) is 6.20 Å². The molecule has 0 aliphatic rings. The van der Waals surface area contributed by atoms with Gasteiger partial charge in [-0.25, -0.2) is 4.98 Å². The second kappa shape index (κ2) is 6.89. The summed E-state index contributed by atoms with van der Waals surface area (Å²) in [6, 6.07) is 13.5. The number of hydrogen-bond donors (Lipinski definition) is 0. The summed E-state index contributed by atoms with van der Waals surface area (Å²) in [6.07, 6.45) is 1.61. The van der Waals surface area contributed by atoms with E-state index in [0.29, 0.717) is 18.1 Å². The van der Waals surface area contributed by atoms with Gasteiger partial charge in [-0.3, -0.25) is 4.79 Å². The smallest absolute Gasteiger partial charge is 0.176 e. The van der Waals surface area contributed by atoms with Crippen molar-refractivity contribution in [1.82, 2.24) is 4.98 Å². The van der Waals surface area contributed by atoms with Gasteiger partial charge >= 0.3 is 0 Å². The molecule has 0 aliphatic carbocycles. The maximum atomic E-state index is 12.0. The van der Waals surface area contributed by atoms with Gasteiger partial charge in [-0.05, 0) is 23.5 Å². The van der Waals surface area contributed by atoms with Crippen LogP contribution in [0.3, 0.4) is 0 Å². The fourth-order valence-corrected chi connectivity index (χ4v) is 1.79. The van der Waals surface area contributed by atoms with Crippen molar-refractivity contribution < 1.29 is 9.53 Å². The third-order valence-corrected chi connectivity index (χ3v) is 3.30. The average molecular weight is 267 g/mol. The van der Waals surface area contributed by atoms with Crippen molar-refractivity contribution in [2.75, 3.05) is 0 Å². The van der Waals surface area contributed by atoms with E-state index in [2.05, 4.69) is 4.98 Å². The lowest BCUT2D eigenvalue weighted by atomic mass is 9.65. The summed E-state index contributed by atoms with van der Waals surface area (Å²) < 4.78 is 5.64. The van der Waals surface area contributed by atoms with E-state index in [9.17, 15) is 4.79 Å². The Hall–Kier alpha value is -2.10. The average Bonchev–Trinajstić information content (AvgIpc) is 2.53. The van der Waals surface area contributed by atoms with Crippen LogP contribution in [0.5, 0.6) is 5.75 Å². The van der Waals surface area contributed by atoms with Gasteiger partial charge in [-0.15, -0.1) is 0 Å². The number of ketones is 1. The van der Waals surface area contributed by atoms with Gasteiger partial charge in [-0.1, -0.05) is 44.1 Å². The molecule has 1 unspecified atom stereocenters. The molecule has 1 heterocycles. The Balaban J connectivity index is 1.96. The van der Waals surface area contributed by atoms with Crippen molar-refractivity contribution in [2.24, 2.45) is 0 Å². The van der Waals surface area contributed by atoms with Gasteiger partial charge in [0.25, 0.3) is 0 Å². The van der Waals surface area contributed by atoms with E-state index in [1.54, 1.807) is 18.3 Å². The zero-order valence-corrected chi connectivity index (χ0v) is 11.9. The molecule has 2 rings (SSSR count). The molecule has 1 aromatic carbocycles. The number of carbonyl (C=O) groups excluding carboxylic acids is 1. The van der Waals surface area contributed by atoms with E-state index in [-0.39, 0.29) is 11.6 Å². The molecule has 3 nitrogen and oxygen atoms in total. The highest BCUT2D eigenvalue weighted by atomic mass is 16.5. The van der Waals surface area contributed by atoms with E-state index < -0.39 is 0 Å². The maximum absolute atomic E-state index is 12.0. The molecule has 0 amide bonds. The van der Waals surface area contributed by atoms with Gasteiger partial charge in [0, 0.05) is 0 Å². The predicted molar refractivity (Wildman–Crippen MR) is 81.8 cm³/mol. The van der Waals surface area contributed by atoms with Gasteiger partial charge < -0.3 is 4.74 Å². The molecule has 2 aromatic rings. The minimum absolute atomic E-state index is 0.0126. The number of Topliss-reactive ketones (excluding diaryl/α,β-unsaturated/α-hetero) is 1. The molecule has 0 N–H and O–H groups in total. The fraction of sp³-hybridized carbons (Fsp3) is 0.250. The second-order valence-electron chi connectivity index (χ2n) is 4.83. The molecule has 0 fully saturated rings. The predicted octanol–water partition coefficient (Wildman–Crippen LogP) is 3.14. The van der Waals surface area contributed by atoms with Crippen molar-refractivity contribution in [3.8, 4) is 5.75 Å². The molecule has 0 saturated heterocycles. The molecule has 1 atom stereocenters. The van der Waals surface area contributed by atoms with E-state index in [0.717, 1.165) is 12.8 Å². The van der Waals surface area contributed by atoms with Gasteiger partial charge in [0.1, 0.15) is 25.3 Å². The Morgan fingerprint density at radius 1 is 1.25 bits per heavy atom. The van der Waals surface area contributed by atoms with Gasteiger partial charge in [0.2, 0.25) is 0 Å². The molecule has 0 radical (unpaired) electrons. The first kappa shape index (κ1) is 14.3. The van der Waals surface area contributed by atoms with Crippen molar-refractivity contribution >= 4 is 13.1 Å². The first-order valence-electron chi connectivity index (χ1n) is 6.87. The van der Waals surface area contributed by atoms with E-state index in [4.69, 9.17) is 4.74 Å². The first-order valence-corrected chi connectivity index (χ1v) is 6.87. The molecule has 20 heavy (non-hydrogen) atoms. The molecule has 0 bridgehead atoms. The Labute approximate surface area is 120 Å². The monoisotopic (exact) mass is 267 g/mol. The molecular formula is C16H18BNO2. The molecule has 4 heteroatoms. The number of aromatic nitrogens is 1. The summed E-state index contributed by atoms with van der Waals surface area (Å²) in [5, 5.41) is 0. The Morgan fingerprint density at radius 3 is 2.60 bits per heavy atom. The van der Waals surface area contributed by atoms with Crippen LogP contribution in [-0.2, 0) is 6.61 Å². The lowest BCUT2D eigenvalue weighted by Crippen LogP contribution is -2.11. The number of benzene rings is 1. The van der Waals surface area contributed by atoms with Crippen LogP contribution in [0.15, 0.2) is 48.7 Å². The summed E-state index contributed by atoms with van der Waals surface area (Å²) >= 11 is 0. The van der Waals surface area contributed by atoms with Crippen LogP contribution in [0.2, 0.25) is 12.6 Å². The van der Waals surface area contributed by atoms with Crippen LogP contribution in [0, 0.1) is 0 Å². The zero-order chi connectivity index (χ0) is 14.4.